The number of amides is 2. The SMILES string of the molecule is CCCOC(=O)NCC1(C)CC(NC(=O)OCC(F)F)CC(C)(C)C1. The maximum Gasteiger partial charge on any atom is 0.407 e. The van der Waals surface area contributed by atoms with Gasteiger partial charge in [-0.25, -0.2) is 18.4 Å². The first-order valence-corrected chi connectivity index (χ1v) is 8.67. The fraction of sp³-hybridized carbons (Fsp3) is 0.882. The fourth-order valence-electron chi connectivity index (χ4n) is 3.75. The summed E-state index contributed by atoms with van der Waals surface area (Å²) in [5.74, 6) is 0. The molecular weight excluding hydrogens is 334 g/mol. The van der Waals surface area contributed by atoms with E-state index in [2.05, 4.69) is 29.2 Å². The van der Waals surface area contributed by atoms with E-state index in [1.807, 2.05) is 13.8 Å². The van der Waals surface area contributed by atoms with Crippen molar-refractivity contribution in [3.63, 3.8) is 0 Å². The van der Waals surface area contributed by atoms with Crippen LogP contribution in [-0.4, -0.2) is 44.4 Å². The zero-order valence-corrected chi connectivity index (χ0v) is 15.5. The molecule has 1 rings (SSSR count). The van der Waals surface area contributed by atoms with Crippen LogP contribution in [0.3, 0.4) is 0 Å². The number of alkyl carbamates (subject to hydrolysis) is 2. The van der Waals surface area contributed by atoms with Crippen molar-refractivity contribution in [2.45, 2.75) is 65.8 Å². The molecule has 1 fully saturated rings. The molecule has 2 N–H and O–H groups in total. The minimum absolute atomic E-state index is 0.0668. The molecule has 0 aromatic heterocycles. The van der Waals surface area contributed by atoms with E-state index in [1.54, 1.807) is 0 Å². The normalized spacial score (nSPS) is 25.3. The Labute approximate surface area is 148 Å². The number of hydrogen-bond donors (Lipinski definition) is 2. The number of alkyl halides is 2. The van der Waals surface area contributed by atoms with Crippen LogP contribution in [0, 0.1) is 10.8 Å². The molecule has 2 atom stereocenters. The molecule has 0 aromatic carbocycles. The second-order valence-electron chi connectivity index (χ2n) is 7.88. The van der Waals surface area contributed by atoms with Gasteiger partial charge in [0, 0.05) is 12.6 Å². The van der Waals surface area contributed by atoms with Crippen LogP contribution in [0.5, 0.6) is 0 Å². The Bertz CT molecular complexity index is 460. The molecule has 2 unspecified atom stereocenters. The van der Waals surface area contributed by atoms with Gasteiger partial charge in [-0.3, -0.25) is 0 Å². The molecule has 0 aromatic rings. The van der Waals surface area contributed by atoms with Crippen LogP contribution in [0.15, 0.2) is 0 Å². The smallest absolute Gasteiger partial charge is 0.407 e. The highest BCUT2D eigenvalue weighted by atomic mass is 19.3. The van der Waals surface area contributed by atoms with Gasteiger partial charge in [-0.05, 0) is 36.5 Å². The molecule has 8 heteroatoms. The first-order chi connectivity index (χ1) is 11.6. The van der Waals surface area contributed by atoms with E-state index in [4.69, 9.17) is 4.74 Å². The van der Waals surface area contributed by atoms with Gasteiger partial charge in [0.2, 0.25) is 0 Å². The fourth-order valence-corrected chi connectivity index (χ4v) is 3.75. The van der Waals surface area contributed by atoms with E-state index in [-0.39, 0.29) is 16.9 Å². The van der Waals surface area contributed by atoms with E-state index in [9.17, 15) is 18.4 Å². The maximum absolute atomic E-state index is 12.1. The predicted molar refractivity (Wildman–Crippen MR) is 89.7 cm³/mol. The molecule has 2 amide bonds. The zero-order chi connectivity index (χ0) is 19.1. The lowest BCUT2D eigenvalue weighted by Gasteiger charge is -2.46. The van der Waals surface area contributed by atoms with E-state index in [1.165, 1.54) is 0 Å². The lowest BCUT2D eigenvalue weighted by molar-refractivity contribution is 0.0368. The number of carbonyl (C=O) groups is 2. The zero-order valence-electron chi connectivity index (χ0n) is 15.5. The summed E-state index contributed by atoms with van der Waals surface area (Å²) in [6.45, 7) is 7.99. The second kappa shape index (κ2) is 9.20. The minimum atomic E-state index is -2.68. The molecule has 0 radical (unpaired) electrons. The van der Waals surface area contributed by atoms with E-state index in [0.29, 0.717) is 26.0 Å². The first-order valence-electron chi connectivity index (χ1n) is 8.67. The van der Waals surface area contributed by atoms with E-state index >= 15 is 0 Å². The van der Waals surface area contributed by atoms with Crippen molar-refractivity contribution in [1.82, 2.24) is 10.6 Å². The van der Waals surface area contributed by atoms with Crippen LogP contribution in [0.2, 0.25) is 0 Å². The highest BCUT2D eigenvalue weighted by Crippen LogP contribution is 2.45. The number of hydrogen-bond acceptors (Lipinski definition) is 4. The topological polar surface area (TPSA) is 76.7 Å². The minimum Gasteiger partial charge on any atom is -0.450 e. The molecule has 0 aliphatic heterocycles. The Morgan fingerprint density at radius 2 is 1.84 bits per heavy atom. The molecule has 1 saturated carbocycles. The van der Waals surface area contributed by atoms with Crippen molar-refractivity contribution in [2.75, 3.05) is 19.8 Å². The highest BCUT2D eigenvalue weighted by Gasteiger charge is 2.42. The average Bonchev–Trinajstić information content (AvgIpc) is 2.47. The van der Waals surface area contributed by atoms with Crippen LogP contribution in [0.4, 0.5) is 18.4 Å². The number of rotatable bonds is 7. The van der Waals surface area contributed by atoms with Gasteiger partial charge in [0.25, 0.3) is 6.43 Å². The van der Waals surface area contributed by atoms with Crippen LogP contribution in [0.25, 0.3) is 0 Å². The third-order valence-electron chi connectivity index (χ3n) is 4.20. The number of nitrogens with one attached hydrogen (secondary N) is 2. The quantitative estimate of drug-likeness (QED) is 0.722. The molecule has 0 spiro atoms. The number of carbonyl (C=O) groups excluding carboxylic acids is 2. The summed E-state index contributed by atoms with van der Waals surface area (Å²) in [5, 5.41) is 5.44. The van der Waals surface area contributed by atoms with Gasteiger partial charge >= 0.3 is 12.2 Å². The van der Waals surface area contributed by atoms with Crippen molar-refractivity contribution >= 4 is 12.2 Å². The van der Waals surface area contributed by atoms with Crippen LogP contribution < -0.4 is 10.6 Å². The Kier molecular flexibility index (Phi) is 7.89. The van der Waals surface area contributed by atoms with Gasteiger partial charge in [-0.15, -0.1) is 0 Å². The summed E-state index contributed by atoms with van der Waals surface area (Å²) in [6.07, 6.45) is -1.02. The lowest BCUT2D eigenvalue weighted by atomic mass is 9.62. The average molecular weight is 364 g/mol. The molecule has 6 nitrogen and oxygen atoms in total. The van der Waals surface area contributed by atoms with E-state index in [0.717, 1.165) is 12.8 Å². The van der Waals surface area contributed by atoms with Crippen molar-refractivity contribution < 1.29 is 27.8 Å². The Morgan fingerprint density at radius 1 is 1.16 bits per heavy atom. The Balaban J connectivity index is 2.59. The van der Waals surface area contributed by atoms with Gasteiger partial charge in [0.1, 0.15) is 0 Å². The van der Waals surface area contributed by atoms with Crippen molar-refractivity contribution in [3.05, 3.63) is 0 Å². The molecule has 1 aliphatic rings. The second-order valence-corrected chi connectivity index (χ2v) is 7.88. The predicted octanol–water partition coefficient (Wildman–Crippen LogP) is 3.70. The van der Waals surface area contributed by atoms with Crippen LogP contribution >= 0.6 is 0 Å². The molecule has 25 heavy (non-hydrogen) atoms. The van der Waals surface area contributed by atoms with Gasteiger partial charge in [0.05, 0.1) is 6.61 Å². The third-order valence-corrected chi connectivity index (χ3v) is 4.20. The monoisotopic (exact) mass is 364 g/mol. The van der Waals surface area contributed by atoms with Crippen LogP contribution in [-0.2, 0) is 9.47 Å². The molecular formula is C17H30F2N2O4. The Hall–Kier alpha value is -1.60. The third kappa shape index (κ3) is 8.36. The molecule has 0 heterocycles. The van der Waals surface area contributed by atoms with Crippen molar-refractivity contribution in [3.8, 4) is 0 Å². The van der Waals surface area contributed by atoms with Crippen LogP contribution in [0.1, 0.15) is 53.4 Å². The summed E-state index contributed by atoms with van der Waals surface area (Å²) in [7, 11) is 0. The molecule has 1 aliphatic carbocycles. The number of ether oxygens (including phenoxy) is 2. The summed E-state index contributed by atoms with van der Waals surface area (Å²) in [4.78, 5) is 23.3. The largest absolute Gasteiger partial charge is 0.450 e. The van der Waals surface area contributed by atoms with Crippen molar-refractivity contribution in [2.24, 2.45) is 10.8 Å². The lowest BCUT2D eigenvalue weighted by Crippen LogP contribution is -2.50. The van der Waals surface area contributed by atoms with Gasteiger partial charge in [0.15, 0.2) is 6.61 Å². The molecule has 0 bridgehead atoms. The van der Waals surface area contributed by atoms with Gasteiger partial charge in [-0.1, -0.05) is 27.7 Å². The summed E-state index contributed by atoms with van der Waals surface area (Å²) in [6, 6.07) is -0.201. The summed E-state index contributed by atoms with van der Waals surface area (Å²) < 4.78 is 33.8. The first kappa shape index (κ1) is 21.4. The van der Waals surface area contributed by atoms with Gasteiger partial charge in [-0.2, -0.15) is 0 Å². The number of halogens is 2. The Morgan fingerprint density at radius 3 is 2.44 bits per heavy atom. The standard InChI is InChI=1S/C17H30F2N2O4/c1-5-6-24-14(22)20-11-17(4)8-12(7-16(2,3)10-17)21-15(23)25-9-13(18)19/h12-13H,5-11H2,1-4H3,(H,20,22)(H,21,23). The van der Waals surface area contributed by atoms with E-state index < -0.39 is 25.2 Å². The highest BCUT2D eigenvalue weighted by molar-refractivity contribution is 5.68. The maximum atomic E-state index is 12.1. The molecule has 146 valence electrons. The summed E-state index contributed by atoms with van der Waals surface area (Å²) >= 11 is 0. The summed E-state index contributed by atoms with van der Waals surface area (Å²) in [5.41, 5.74) is -0.309. The van der Waals surface area contributed by atoms with Gasteiger partial charge < -0.3 is 20.1 Å². The molecule has 0 saturated heterocycles. The van der Waals surface area contributed by atoms with Crippen molar-refractivity contribution in [1.29, 1.82) is 0 Å².